The summed E-state index contributed by atoms with van der Waals surface area (Å²) >= 11 is 0. The molecule has 0 unspecified atom stereocenters. The van der Waals surface area contributed by atoms with Crippen molar-refractivity contribution < 1.29 is 4.79 Å². The molecule has 0 saturated heterocycles. The molecule has 2 aromatic heterocycles. The molecule has 0 bridgehead atoms. The second-order valence-electron chi connectivity index (χ2n) is 8.39. The van der Waals surface area contributed by atoms with Crippen molar-refractivity contribution in [2.75, 3.05) is 25.0 Å². The van der Waals surface area contributed by atoms with E-state index in [2.05, 4.69) is 45.8 Å². The molecular weight excluding hydrogens is 386 g/mol. The van der Waals surface area contributed by atoms with Crippen molar-refractivity contribution in [3.8, 4) is 11.1 Å². The highest BCUT2D eigenvalue weighted by molar-refractivity contribution is 6.10. The summed E-state index contributed by atoms with van der Waals surface area (Å²) in [6.07, 6.45) is 6.66. The van der Waals surface area contributed by atoms with Gasteiger partial charge in [-0.1, -0.05) is 30.3 Å². The topological polar surface area (TPSA) is 54.3 Å². The van der Waals surface area contributed by atoms with E-state index < -0.39 is 0 Å². The Morgan fingerprint density at radius 3 is 2.81 bits per heavy atom. The van der Waals surface area contributed by atoms with Crippen molar-refractivity contribution in [3.63, 3.8) is 0 Å². The van der Waals surface area contributed by atoms with E-state index in [4.69, 9.17) is 4.98 Å². The van der Waals surface area contributed by atoms with Crippen molar-refractivity contribution in [2.24, 2.45) is 0 Å². The number of fused-ring (bicyclic) bond motifs is 3. The number of aromatic nitrogens is 3. The first-order valence-corrected chi connectivity index (χ1v) is 10.7. The monoisotopic (exact) mass is 409 g/mol. The van der Waals surface area contributed by atoms with Crippen LogP contribution in [0.2, 0.25) is 0 Å². The van der Waals surface area contributed by atoms with E-state index in [0.717, 1.165) is 58.5 Å². The number of pyridine rings is 1. The lowest BCUT2D eigenvalue weighted by atomic mass is 9.95. The van der Waals surface area contributed by atoms with Crippen molar-refractivity contribution in [1.29, 1.82) is 0 Å². The molecule has 0 atom stereocenters. The predicted octanol–water partition coefficient (Wildman–Crippen LogP) is 3.75. The van der Waals surface area contributed by atoms with Crippen molar-refractivity contribution in [3.05, 3.63) is 78.0 Å². The van der Waals surface area contributed by atoms with Gasteiger partial charge in [0, 0.05) is 50.2 Å². The summed E-state index contributed by atoms with van der Waals surface area (Å²) in [5.74, 6) is 1.15. The number of imidazole rings is 1. The van der Waals surface area contributed by atoms with Crippen LogP contribution in [-0.2, 0) is 19.5 Å². The summed E-state index contributed by atoms with van der Waals surface area (Å²) in [4.78, 5) is 26.5. The average Bonchev–Trinajstić information content (AvgIpc) is 3.43. The molecule has 2 aliphatic rings. The quantitative estimate of drug-likeness (QED) is 0.506. The Balaban J connectivity index is 1.41. The van der Waals surface area contributed by atoms with Crippen LogP contribution in [0.15, 0.2) is 61.2 Å². The van der Waals surface area contributed by atoms with Gasteiger partial charge in [0.15, 0.2) is 0 Å². The third kappa shape index (κ3) is 2.90. The fourth-order valence-corrected chi connectivity index (χ4v) is 4.85. The third-order valence-electron chi connectivity index (χ3n) is 6.53. The first kappa shape index (κ1) is 18.1. The van der Waals surface area contributed by atoms with Crippen LogP contribution in [0.4, 0.5) is 5.82 Å². The summed E-state index contributed by atoms with van der Waals surface area (Å²) in [7, 11) is 2.09. The maximum absolute atomic E-state index is 13.5. The molecule has 154 valence electrons. The SMILES string of the molecule is CN1CCc2cc(-c3cccc4c(C(=O)N5CCn6cncc6C5)cccc34)cnc21. The van der Waals surface area contributed by atoms with Crippen LogP contribution in [0, 0.1) is 0 Å². The van der Waals surface area contributed by atoms with E-state index in [1.807, 2.05) is 41.8 Å². The Bertz CT molecular complexity index is 1320. The highest BCUT2D eigenvalue weighted by Crippen LogP contribution is 2.34. The molecule has 0 aliphatic carbocycles. The van der Waals surface area contributed by atoms with Crippen LogP contribution in [0.1, 0.15) is 21.6 Å². The maximum Gasteiger partial charge on any atom is 0.254 e. The number of amides is 1. The lowest BCUT2D eigenvalue weighted by molar-refractivity contribution is 0.0713. The normalized spacial score (nSPS) is 15.3. The molecule has 6 rings (SSSR count). The molecule has 0 saturated carbocycles. The van der Waals surface area contributed by atoms with E-state index in [-0.39, 0.29) is 5.91 Å². The first-order valence-electron chi connectivity index (χ1n) is 10.7. The smallest absolute Gasteiger partial charge is 0.254 e. The van der Waals surface area contributed by atoms with Crippen molar-refractivity contribution in [1.82, 2.24) is 19.4 Å². The second-order valence-corrected chi connectivity index (χ2v) is 8.39. The van der Waals surface area contributed by atoms with Crippen LogP contribution in [0.3, 0.4) is 0 Å². The Kier molecular flexibility index (Phi) is 4.06. The van der Waals surface area contributed by atoms with Crippen LogP contribution in [0.25, 0.3) is 21.9 Å². The van der Waals surface area contributed by atoms with Gasteiger partial charge in [-0.15, -0.1) is 0 Å². The first-order chi connectivity index (χ1) is 15.2. The van der Waals surface area contributed by atoms with Gasteiger partial charge in [0.25, 0.3) is 5.91 Å². The molecule has 0 spiro atoms. The molecule has 1 amide bonds. The van der Waals surface area contributed by atoms with Gasteiger partial charge in [0.1, 0.15) is 5.82 Å². The number of benzene rings is 2. The maximum atomic E-state index is 13.5. The molecule has 0 fully saturated rings. The number of carbonyl (C=O) groups is 1. The average molecular weight is 409 g/mol. The predicted molar refractivity (Wildman–Crippen MR) is 121 cm³/mol. The summed E-state index contributed by atoms with van der Waals surface area (Å²) in [5.41, 5.74) is 5.34. The van der Waals surface area contributed by atoms with Gasteiger partial charge in [-0.05, 0) is 40.5 Å². The Hall–Kier alpha value is -3.67. The lowest BCUT2D eigenvalue weighted by Crippen LogP contribution is -2.37. The molecule has 4 aromatic rings. The second kappa shape index (κ2) is 6.94. The third-order valence-corrected chi connectivity index (χ3v) is 6.53. The zero-order valence-corrected chi connectivity index (χ0v) is 17.5. The Morgan fingerprint density at radius 2 is 1.87 bits per heavy atom. The zero-order valence-electron chi connectivity index (χ0n) is 17.5. The minimum absolute atomic E-state index is 0.0731. The number of carbonyl (C=O) groups excluding carboxylic acids is 1. The number of likely N-dealkylation sites (N-methyl/N-ethyl adjacent to an activating group) is 1. The van der Waals surface area contributed by atoms with Crippen LogP contribution >= 0.6 is 0 Å². The van der Waals surface area contributed by atoms with Crippen LogP contribution < -0.4 is 4.90 Å². The fraction of sp³-hybridized carbons (Fsp3) is 0.240. The van der Waals surface area contributed by atoms with Gasteiger partial charge < -0.3 is 14.4 Å². The lowest BCUT2D eigenvalue weighted by Gasteiger charge is -2.28. The molecule has 6 heteroatoms. The van der Waals surface area contributed by atoms with Gasteiger partial charge in [0.05, 0.1) is 18.6 Å². The highest BCUT2D eigenvalue weighted by atomic mass is 16.2. The number of rotatable bonds is 2. The Morgan fingerprint density at radius 1 is 1.00 bits per heavy atom. The minimum atomic E-state index is 0.0731. The van der Waals surface area contributed by atoms with Crippen molar-refractivity contribution in [2.45, 2.75) is 19.5 Å². The van der Waals surface area contributed by atoms with Crippen LogP contribution in [-0.4, -0.2) is 45.5 Å². The fourth-order valence-electron chi connectivity index (χ4n) is 4.85. The summed E-state index contributed by atoms with van der Waals surface area (Å²) in [5, 5.41) is 2.07. The minimum Gasteiger partial charge on any atom is -0.359 e. The molecule has 2 aliphatic heterocycles. The number of hydrogen-bond donors (Lipinski definition) is 0. The molecule has 2 aromatic carbocycles. The van der Waals surface area contributed by atoms with E-state index in [1.165, 1.54) is 5.56 Å². The van der Waals surface area contributed by atoms with E-state index in [1.54, 1.807) is 0 Å². The summed E-state index contributed by atoms with van der Waals surface area (Å²) in [6, 6.07) is 14.5. The van der Waals surface area contributed by atoms with Gasteiger partial charge in [-0.25, -0.2) is 9.97 Å². The van der Waals surface area contributed by atoms with Gasteiger partial charge >= 0.3 is 0 Å². The summed E-state index contributed by atoms with van der Waals surface area (Å²) < 4.78 is 2.11. The standard InChI is InChI=1S/C25H23N5O/c1-28-9-8-17-12-18(13-27-24(17)28)20-4-2-6-22-21(20)5-3-7-23(22)25(31)29-10-11-30-16-26-14-19(30)15-29/h2-7,12-14,16H,8-11,15H2,1H3. The van der Waals surface area contributed by atoms with Gasteiger partial charge in [0.2, 0.25) is 0 Å². The molecule has 31 heavy (non-hydrogen) atoms. The van der Waals surface area contributed by atoms with Crippen molar-refractivity contribution >= 4 is 22.5 Å². The molecule has 0 radical (unpaired) electrons. The molecule has 4 heterocycles. The number of nitrogens with zero attached hydrogens (tertiary/aromatic N) is 5. The van der Waals surface area contributed by atoms with E-state index in [0.29, 0.717) is 13.1 Å². The summed E-state index contributed by atoms with van der Waals surface area (Å²) in [6.45, 7) is 3.08. The Labute approximate surface area is 180 Å². The van der Waals surface area contributed by atoms with Gasteiger partial charge in [-0.2, -0.15) is 0 Å². The number of anilines is 1. The van der Waals surface area contributed by atoms with E-state index >= 15 is 0 Å². The highest BCUT2D eigenvalue weighted by Gasteiger charge is 2.24. The molecule has 0 N–H and O–H groups in total. The molecular formula is C25H23N5O. The largest absolute Gasteiger partial charge is 0.359 e. The van der Waals surface area contributed by atoms with E-state index in [9.17, 15) is 4.79 Å². The van der Waals surface area contributed by atoms with Gasteiger partial charge in [-0.3, -0.25) is 4.79 Å². The molecule has 6 nitrogen and oxygen atoms in total. The number of hydrogen-bond acceptors (Lipinski definition) is 4. The van der Waals surface area contributed by atoms with Crippen LogP contribution in [0.5, 0.6) is 0 Å². The zero-order chi connectivity index (χ0) is 20.9.